The summed E-state index contributed by atoms with van der Waals surface area (Å²) < 4.78 is 11.0. The Morgan fingerprint density at radius 3 is 2.62 bits per heavy atom. The summed E-state index contributed by atoms with van der Waals surface area (Å²) in [5.41, 5.74) is 6.53. The molecule has 0 saturated carbocycles. The predicted octanol–water partition coefficient (Wildman–Crippen LogP) is 2.64. The molecule has 0 saturated heterocycles. The van der Waals surface area contributed by atoms with E-state index >= 15 is 0 Å². The van der Waals surface area contributed by atoms with Crippen LogP contribution in [0, 0.1) is 0 Å². The number of nitrogens with zero attached hydrogens (tertiary/aromatic N) is 2. The van der Waals surface area contributed by atoms with Crippen molar-refractivity contribution >= 4 is 11.5 Å². The minimum absolute atomic E-state index is 0.259. The van der Waals surface area contributed by atoms with Crippen molar-refractivity contribution in [3.8, 4) is 5.88 Å². The molecule has 0 bridgehead atoms. The number of nitrogens with two attached hydrogens (primary N) is 1. The topological polar surface area (TPSA) is 82.3 Å². The summed E-state index contributed by atoms with van der Waals surface area (Å²) in [6.45, 7) is 10.1. The molecule has 0 aliphatic rings. The summed E-state index contributed by atoms with van der Waals surface area (Å²) in [5, 5.41) is 3.25. The number of ether oxygens (including phenoxy) is 2. The highest BCUT2D eigenvalue weighted by atomic mass is 16.5. The van der Waals surface area contributed by atoms with Gasteiger partial charge in [0.2, 0.25) is 5.88 Å². The fourth-order valence-electron chi connectivity index (χ4n) is 1.81. The Labute approximate surface area is 127 Å². The molecule has 1 aromatic rings. The van der Waals surface area contributed by atoms with Crippen LogP contribution in [0.15, 0.2) is 0 Å². The van der Waals surface area contributed by atoms with Crippen molar-refractivity contribution in [2.75, 3.05) is 30.8 Å². The van der Waals surface area contributed by atoms with Gasteiger partial charge in [0.05, 0.1) is 12.7 Å². The third-order valence-corrected chi connectivity index (χ3v) is 2.78. The molecule has 0 amide bonds. The first-order valence-corrected chi connectivity index (χ1v) is 7.73. The Morgan fingerprint density at radius 2 is 2.00 bits per heavy atom. The van der Waals surface area contributed by atoms with E-state index in [1.54, 1.807) is 0 Å². The molecule has 0 aliphatic heterocycles. The summed E-state index contributed by atoms with van der Waals surface area (Å²) in [7, 11) is 0. The third-order valence-electron chi connectivity index (χ3n) is 2.78. The molecule has 0 spiro atoms. The van der Waals surface area contributed by atoms with Gasteiger partial charge in [-0.25, -0.2) is 4.98 Å². The quantitative estimate of drug-likeness (QED) is 0.646. The maximum atomic E-state index is 6.05. The van der Waals surface area contributed by atoms with Crippen molar-refractivity contribution < 1.29 is 9.47 Å². The highest BCUT2D eigenvalue weighted by molar-refractivity contribution is 5.66. The first kappa shape index (κ1) is 17.5. The maximum Gasteiger partial charge on any atom is 0.242 e. The Bertz CT molecular complexity index is 424. The molecule has 0 fully saturated rings. The molecule has 1 aromatic heterocycles. The summed E-state index contributed by atoms with van der Waals surface area (Å²) in [4.78, 5) is 8.83. The van der Waals surface area contributed by atoms with Crippen molar-refractivity contribution in [2.24, 2.45) is 0 Å². The van der Waals surface area contributed by atoms with Crippen molar-refractivity contribution in [2.45, 2.75) is 53.1 Å². The summed E-state index contributed by atoms with van der Waals surface area (Å²) in [6, 6.07) is 0. The van der Waals surface area contributed by atoms with Crippen molar-refractivity contribution in [3.63, 3.8) is 0 Å². The lowest BCUT2D eigenvalue weighted by Gasteiger charge is -2.14. The number of nitrogen functional groups attached to an aromatic ring is 1. The molecule has 0 aliphatic carbocycles. The standard InChI is InChI=1S/C15H28N4O2/c1-5-8-12-18-14(13(16)15(19-12)20-6-2)17-9-7-10-21-11(3)4/h11H,5-10,16H2,1-4H3,(H,17,18,19). The van der Waals surface area contributed by atoms with E-state index in [-0.39, 0.29) is 6.10 Å². The lowest BCUT2D eigenvalue weighted by Crippen LogP contribution is -2.13. The molecule has 0 atom stereocenters. The third kappa shape index (κ3) is 6.16. The van der Waals surface area contributed by atoms with Crippen molar-refractivity contribution in [1.29, 1.82) is 0 Å². The molecule has 6 heteroatoms. The number of anilines is 2. The van der Waals surface area contributed by atoms with Gasteiger partial charge in [-0.05, 0) is 33.6 Å². The predicted molar refractivity (Wildman–Crippen MR) is 85.8 cm³/mol. The smallest absolute Gasteiger partial charge is 0.242 e. The minimum Gasteiger partial charge on any atom is -0.476 e. The van der Waals surface area contributed by atoms with E-state index in [0.29, 0.717) is 24.0 Å². The van der Waals surface area contributed by atoms with Gasteiger partial charge in [0.1, 0.15) is 11.5 Å². The second kappa shape index (κ2) is 9.39. The number of hydrogen-bond acceptors (Lipinski definition) is 6. The SMILES string of the molecule is CCCc1nc(NCCCOC(C)C)c(N)c(OCC)n1. The maximum absolute atomic E-state index is 6.05. The van der Waals surface area contributed by atoms with E-state index in [1.807, 2.05) is 20.8 Å². The zero-order valence-corrected chi connectivity index (χ0v) is 13.6. The molecule has 120 valence electrons. The summed E-state index contributed by atoms with van der Waals surface area (Å²) in [6.07, 6.45) is 2.95. The van der Waals surface area contributed by atoms with Crippen LogP contribution in [0.5, 0.6) is 5.88 Å². The first-order valence-electron chi connectivity index (χ1n) is 7.73. The van der Waals surface area contributed by atoms with Crippen LogP contribution in [0.2, 0.25) is 0 Å². The van der Waals surface area contributed by atoms with Gasteiger partial charge in [-0.1, -0.05) is 6.92 Å². The zero-order valence-electron chi connectivity index (χ0n) is 13.6. The molecule has 1 rings (SSSR count). The molecule has 0 unspecified atom stereocenters. The number of hydrogen-bond donors (Lipinski definition) is 2. The van der Waals surface area contributed by atoms with E-state index in [2.05, 4.69) is 22.2 Å². The Balaban J connectivity index is 2.65. The van der Waals surface area contributed by atoms with Gasteiger partial charge in [0, 0.05) is 19.6 Å². The van der Waals surface area contributed by atoms with Gasteiger partial charge < -0.3 is 20.5 Å². The van der Waals surface area contributed by atoms with Gasteiger partial charge in [-0.3, -0.25) is 0 Å². The van der Waals surface area contributed by atoms with E-state index < -0.39 is 0 Å². The number of aryl methyl sites for hydroxylation is 1. The molecule has 1 heterocycles. The Hall–Kier alpha value is -1.56. The lowest BCUT2D eigenvalue weighted by molar-refractivity contribution is 0.0787. The van der Waals surface area contributed by atoms with Crippen LogP contribution in [0.25, 0.3) is 0 Å². The van der Waals surface area contributed by atoms with Crippen LogP contribution in [-0.4, -0.2) is 35.8 Å². The monoisotopic (exact) mass is 296 g/mol. The van der Waals surface area contributed by atoms with Gasteiger partial charge in [-0.15, -0.1) is 0 Å². The second-order valence-corrected chi connectivity index (χ2v) is 5.09. The first-order chi connectivity index (χ1) is 10.1. The van der Waals surface area contributed by atoms with Crippen LogP contribution in [-0.2, 0) is 11.2 Å². The molecular formula is C15H28N4O2. The fourth-order valence-corrected chi connectivity index (χ4v) is 1.81. The fraction of sp³-hybridized carbons (Fsp3) is 0.733. The van der Waals surface area contributed by atoms with Crippen LogP contribution in [0.4, 0.5) is 11.5 Å². The Kier molecular flexibility index (Phi) is 7.82. The van der Waals surface area contributed by atoms with Gasteiger partial charge >= 0.3 is 0 Å². The largest absolute Gasteiger partial charge is 0.476 e. The summed E-state index contributed by atoms with van der Waals surface area (Å²) in [5.74, 6) is 1.88. The van der Waals surface area contributed by atoms with Gasteiger partial charge in [-0.2, -0.15) is 4.98 Å². The molecular weight excluding hydrogens is 268 g/mol. The molecule has 6 nitrogen and oxygen atoms in total. The van der Waals surface area contributed by atoms with Crippen molar-refractivity contribution in [1.82, 2.24) is 9.97 Å². The van der Waals surface area contributed by atoms with Crippen LogP contribution in [0.3, 0.4) is 0 Å². The average Bonchev–Trinajstić information content (AvgIpc) is 2.43. The van der Waals surface area contributed by atoms with E-state index in [9.17, 15) is 0 Å². The zero-order chi connectivity index (χ0) is 15.7. The molecule has 0 aromatic carbocycles. The lowest BCUT2D eigenvalue weighted by atomic mass is 10.3. The van der Waals surface area contributed by atoms with E-state index in [0.717, 1.165) is 38.2 Å². The number of aromatic nitrogens is 2. The second-order valence-electron chi connectivity index (χ2n) is 5.09. The van der Waals surface area contributed by atoms with Gasteiger partial charge in [0.25, 0.3) is 0 Å². The highest BCUT2D eigenvalue weighted by Gasteiger charge is 2.12. The van der Waals surface area contributed by atoms with Gasteiger partial charge in [0.15, 0.2) is 5.82 Å². The van der Waals surface area contributed by atoms with Crippen molar-refractivity contribution in [3.05, 3.63) is 5.82 Å². The molecule has 0 radical (unpaired) electrons. The summed E-state index contributed by atoms with van der Waals surface area (Å²) >= 11 is 0. The minimum atomic E-state index is 0.259. The molecule has 21 heavy (non-hydrogen) atoms. The number of rotatable bonds is 10. The number of nitrogens with one attached hydrogen (secondary N) is 1. The average molecular weight is 296 g/mol. The van der Waals surface area contributed by atoms with E-state index in [1.165, 1.54) is 0 Å². The Morgan fingerprint density at radius 1 is 1.24 bits per heavy atom. The van der Waals surface area contributed by atoms with E-state index in [4.69, 9.17) is 15.2 Å². The van der Waals surface area contributed by atoms with Crippen LogP contribution in [0.1, 0.15) is 46.4 Å². The van der Waals surface area contributed by atoms with Crippen LogP contribution >= 0.6 is 0 Å². The molecule has 3 N–H and O–H groups in total. The highest BCUT2D eigenvalue weighted by Crippen LogP contribution is 2.26. The van der Waals surface area contributed by atoms with Crippen LogP contribution < -0.4 is 15.8 Å². The normalized spacial score (nSPS) is 10.9.